The molecule has 0 saturated heterocycles. The standard InChI is InChI=1S/C29H18N2O2S/c1-17-19-8-6-7-13-25(19)32-27(17)29-31-30-28(33-29)26-15-14-18(34-26)16-24-22-11-4-2-9-20(22)21-10-3-5-12-23(21)24/h2-16H,1H3. The summed E-state index contributed by atoms with van der Waals surface area (Å²) in [7, 11) is 0. The van der Waals surface area contributed by atoms with Gasteiger partial charge in [-0.1, -0.05) is 66.7 Å². The van der Waals surface area contributed by atoms with Gasteiger partial charge >= 0.3 is 0 Å². The van der Waals surface area contributed by atoms with Crippen LogP contribution in [0.15, 0.2) is 93.8 Å². The van der Waals surface area contributed by atoms with Crippen LogP contribution in [-0.4, -0.2) is 10.2 Å². The maximum Gasteiger partial charge on any atom is 0.284 e. The largest absolute Gasteiger partial charge is 0.451 e. The van der Waals surface area contributed by atoms with Crippen molar-refractivity contribution >= 4 is 34.0 Å². The molecule has 3 heterocycles. The third-order valence-electron chi connectivity index (χ3n) is 6.31. The molecule has 0 spiro atoms. The summed E-state index contributed by atoms with van der Waals surface area (Å²) in [4.78, 5) is 2.06. The molecule has 0 radical (unpaired) electrons. The van der Waals surface area contributed by atoms with Gasteiger partial charge in [-0.15, -0.1) is 21.5 Å². The first-order valence-corrected chi connectivity index (χ1v) is 11.9. The Bertz CT molecular complexity index is 1690. The highest BCUT2D eigenvalue weighted by Gasteiger charge is 2.23. The highest BCUT2D eigenvalue weighted by atomic mass is 32.1. The number of thiophene rings is 1. The smallest absolute Gasteiger partial charge is 0.284 e. The van der Waals surface area contributed by atoms with E-state index in [0.29, 0.717) is 17.5 Å². The lowest BCUT2D eigenvalue weighted by Crippen LogP contribution is -1.79. The van der Waals surface area contributed by atoms with Crippen LogP contribution in [0.2, 0.25) is 0 Å². The summed E-state index contributed by atoms with van der Waals surface area (Å²) in [6, 6.07) is 29.2. The fourth-order valence-corrected chi connectivity index (χ4v) is 5.56. The predicted octanol–water partition coefficient (Wildman–Crippen LogP) is 8.09. The third kappa shape index (κ3) is 2.91. The van der Waals surface area contributed by atoms with E-state index in [0.717, 1.165) is 26.3 Å². The van der Waals surface area contributed by atoms with Crippen LogP contribution in [0.5, 0.6) is 0 Å². The van der Waals surface area contributed by atoms with Gasteiger partial charge in [0.05, 0.1) is 4.88 Å². The molecular weight excluding hydrogens is 440 g/mol. The van der Waals surface area contributed by atoms with Crippen molar-refractivity contribution in [3.8, 4) is 33.5 Å². The second-order valence-corrected chi connectivity index (χ2v) is 9.43. The van der Waals surface area contributed by atoms with Crippen LogP contribution in [0, 0.1) is 6.92 Å². The number of furan rings is 1. The minimum absolute atomic E-state index is 0.399. The van der Waals surface area contributed by atoms with Crippen LogP contribution in [0.1, 0.15) is 21.6 Å². The highest BCUT2D eigenvalue weighted by molar-refractivity contribution is 7.16. The molecule has 0 aliphatic heterocycles. The molecule has 7 rings (SSSR count). The first-order chi connectivity index (χ1) is 16.8. The van der Waals surface area contributed by atoms with Crippen LogP contribution in [0.25, 0.3) is 56.2 Å². The lowest BCUT2D eigenvalue weighted by atomic mass is 10.0. The molecule has 4 nitrogen and oxygen atoms in total. The van der Waals surface area contributed by atoms with Gasteiger partial charge in [0.2, 0.25) is 0 Å². The maximum absolute atomic E-state index is 6.04. The average Bonchev–Trinajstić information content (AvgIpc) is 3.66. The summed E-state index contributed by atoms with van der Waals surface area (Å²) in [6.07, 6.45) is 2.25. The summed E-state index contributed by atoms with van der Waals surface area (Å²) in [5, 5.41) is 9.63. The summed E-state index contributed by atoms with van der Waals surface area (Å²) in [5.74, 6) is 1.52. The minimum Gasteiger partial charge on any atom is -0.451 e. The van der Waals surface area contributed by atoms with Gasteiger partial charge < -0.3 is 8.83 Å². The second-order valence-electron chi connectivity index (χ2n) is 8.32. The van der Waals surface area contributed by atoms with Crippen molar-refractivity contribution in [2.45, 2.75) is 6.92 Å². The fraction of sp³-hybridized carbons (Fsp3) is 0.0345. The van der Waals surface area contributed by atoms with Gasteiger partial charge in [0.1, 0.15) is 5.58 Å². The Morgan fingerprint density at radius 3 is 2.06 bits per heavy atom. The van der Waals surface area contributed by atoms with Crippen LogP contribution in [-0.2, 0) is 0 Å². The van der Waals surface area contributed by atoms with Crippen LogP contribution < -0.4 is 0 Å². The normalized spacial score (nSPS) is 12.2. The summed E-state index contributed by atoms with van der Waals surface area (Å²) >= 11 is 1.64. The Morgan fingerprint density at radius 1 is 0.676 bits per heavy atom. The molecule has 0 fully saturated rings. The zero-order chi connectivity index (χ0) is 22.6. The molecule has 0 saturated carbocycles. The molecule has 3 aromatic carbocycles. The summed E-state index contributed by atoms with van der Waals surface area (Å²) < 4.78 is 12.0. The molecule has 0 bridgehead atoms. The Morgan fingerprint density at radius 2 is 1.32 bits per heavy atom. The van der Waals surface area contributed by atoms with E-state index < -0.39 is 0 Å². The zero-order valence-electron chi connectivity index (χ0n) is 18.3. The van der Waals surface area contributed by atoms with E-state index in [1.165, 1.54) is 27.8 Å². The number of rotatable bonds is 3. The molecule has 5 heteroatoms. The monoisotopic (exact) mass is 458 g/mol. The molecule has 3 aromatic heterocycles. The number of hydrogen-bond donors (Lipinski definition) is 0. The van der Waals surface area contributed by atoms with Gasteiger partial charge in [-0.3, -0.25) is 0 Å². The molecule has 0 unspecified atom stereocenters. The van der Waals surface area contributed by atoms with Crippen molar-refractivity contribution in [2.24, 2.45) is 0 Å². The topological polar surface area (TPSA) is 52.1 Å². The van der Waals surface area contributed by atoms with E-state index in [2.05, 4.69) is 70.9 Å². The van der Waals surface area contributed by atoms with Crippen molar-refractivity contribution in [1.82, 2.24) is 10.2 Å². The average molecular weight is 459 g/mol. The quantitative estimate of drug-likeness (QED) is 0.268. The van der Waals surface area contributed by atoms with E-state index in [4.69, 9.17) is 8.83 Å². The number of nitrogens with zero attached hydrogens (tertiary/aromatic N) is 2. The van der Waals surface area contributed by atoms with Crippen LogP contribution in [0.3, 0.4) is 0 Å². The van der Waals surface area contributed by atoms with E-state index in [1.807, 2.05) is 37.3 Å². The van der Waals surface area contributed by atoms with Gasteiger partial charge in [-0.25, -0.2) is 0 Å². The predicted molar refractivity (Wildman–Crippen MR) is 136 cm³/mol. The molecule has 0 atom stereocenters. The number of benzene rings is 3. The van der Waals surface area contributed by atoms with Gasteiger partial charge in [-0.05, 0) is 59.0 Å². The Balaban J connectivity index is 1.26. The first kappa shape index (κ1) is 19.3. The Hall–Kier alpha value is -4.22. The number of para-hydroxylation sites is 1. The van der Waals surface area contributed by atoms with E-state index in [1.54, 1.807) is 11.3 Å². The number of fused-ring (bicyclic) bond motifs is 4. The van der Waals surface area contributed by atoms with E-state index in [9.17, 15) is 0 Å². The number of hydrogen-bond acceptors (Lipinski definition) is 5. The van der Waals surface area contributed by atoms with Gasteiger partial charge in [0.15, 0.2) is 5.76 Å². The lowest BCUT2D eigenvalue weighted by Gasteiger charge is -2.01. The van der Waals surface area contributed by atoms with Crippen LogP contribution in [0.4, 0.5) is 0 Å². The highest BCUT2D eigenvalue weighted by Crippen LogP contribution is 2.45. The minimum atomic E-state index is 0.399. The molecule has 162 valence electrons. The first-order valence-electron chi connectivity index (χ1n) is 11.1. The van der Waals surface area contributed by atoms with Gasteiger partial charge in [-0.2, -0.15) is 0 Å². The SMILES string of the molecule is Cc1c(-c2nnc(-c3ccc(C=C4c5ccccc5-c5ccccc54)s3)o2)oc2ccccc12. The second kappa shape index (κ2) is 7.40. The molecule has 34 heavy (non-hydrogen) atoms. The molecule has 1 aliphatic carbocycles. The summed E-state index contributed by atoms with van der Waals surface area (Å²) in [5.41, 5.74) is 8.15. The third-order valence-corrected chi connectivity index (χ3v) is 7.33. The van der Waals surface area contributed by atoms with Crippen molar-refractivity contribution < 1.29 is 8.83 Å². The van der Waals surface area contributed by atoms with E-state index in [-0.39, 0.29) is 0 Å². The molecule has 0 amide bonds. The zero-order valence-corrected chi connectivity index (χ0v) is 19.1. The Labute approximate surface area is 199 Å². The van der Waals surface area contributed by atoms with Gasteiger partial charge in [0.25, 0.3) is 11.8 Å². The molecule has 6 aromatic rings. The van der Waals surface area contributed by atoms with Gasteiger partial charge in [0, 0.05) is 15.8 Å². The molecule has 0 N–H and O–H groups in total. The number of aromatic nitrogens is 2. The van der Waals surface area contributed by atoms with E-state index >= 15 is 0 Å². The molecule has 1 aliphatic rings. The lowest BCUT2D eigenvalue weighted by molar-refractivity contribution is 0.541. The van der Waals surface area contributed by atoms with Crippen molar-refractivity contribution in [1.29, 1.82) is 0 Å². The van der Waals surface area contributed by atoms with Crippen molar-refractivity contribution in [3.05, 3.63) is 106 Å². The Kier molecular flexibility index (Phi) is 4.19. The van der Waals surface area contributed by atoms with Crippen molar-refractivity contribution in [3.63, 3.8) is 0 Å². The summed E-state index contributed by atoms with van der Waals surface area (Å²) in [6.45, 7) is 2.01. The fourth-order valence-electron chi connectivity index (χ4n) is 4.69. The maximum atomic E-state index is 6.04. The van der Waals surface area contributed by atoms with Crippen molar-refractivity contribution in [2.75, 3.05) is 0 Å². The number of aryl methyl sites for hydroxylation is 1. The van der Waals surface area contributed by atoms with Crippen LogP contribution >= 0.6 is 11.3 Å². The molecular formula is C29H18N2O2S.